The number of Topliss-reactive ketones (excluding diaryl/α,β-unsaturated/α-hetero) is 1. The monoisotopic (exact) mass is 319 g/mol. The fourth-order valence-electron chi connectivity index (χ4n) is 1.61. The first-order chi connectivity index (χ1) is 7.29. The summed E-state index contributed by atoms with van der Waals surface area (Å²) in [7, 11) is 0. The first-order valence-corrected chi connectivity index (χ1v) is 6.16. The highest BCUT2D eigenvalue weighted by Crippen LogP contribution is 2.14. The lowest BCUT2D eigenvalue weighted by molar-refractivity contribution is 0.0935. The van der Waals surface area contributed by atoms with E-state index in [1.165, 1.54) is 0 Å². The Morgan fingerprint density at radius 2 is 1.94 bits per heavy atom. The minimum absolute atomic E-state index is 0. The van der Waals surface area contributed by atoms with Crippen LogP contribution in [0.2, 0.25) is 0 Å². The van der Waals surface area contributed by atoms with E-state index in [-0.39, 0.29) is 29.8 Å². The molecule has 1 unspecified atom stereocenters. The van der Waals surface area contributed by atoms with Crippen LogP contribution >= 0.6 is 28.3 Å². The zero-order valence-electron chi connectivity index (χ0n) is 10.6. The molecular weight excluding hydrogens is 302 g/mol. The number of hydrogen-bond acceptors (Lipinski definition) is 2. The normalized spacial score (nSPS) is 12.8. The van der Waals surface area contributed by atoms with E-state index in [0.29, 0.717) is 0 Å². The minimum Gasteiger partial charge on any atom is -0.303 e. The van der Waals surface area contributed by atoms with Gasteiger partial charge in [0.2, 0.25) is 0 Å². The zero-order chi connectivity index (χ0) is 12.3. The minimum atomic E-state index is -0.172. The Labute approximate surface area is 118 Å². The van der Waals surface area contributed by atoms with Crippen molar-refractivity contribution in [3.8, 4) is 0 Å². The lowest BCUT2D eigenvalue weighted by Gasteiger charge is -2.25. The van der Waals surface area contributed by atoms with E-state index < -0.39 is 0 Å². The van der Waals surface area contributed by atoms with Crippen LogP contribution in [0.1, 0.15) is 38.1 Å². The van der Waals surface area contributed by atoms with Crippen LogP contribution in [-0.2, 0) is 0 Å². The summed E-state index contributed by atoms with van der Waals surface area (Å²) < 4.78 is 0.932. The molecule has 0 heterocycles. The molecule has 0 aliphatic heterocycles. The Bertz CT molecular complexity index is 387. The van der Waals surface area contributed by atoms with Crippen LogP contribution < -0.4 is 5.32 Å². The molecule has 1 aromatic carbocycles. The maximum Gasteiger partial charge on any atom is 0.179 e. The van der Waals surface area contributed by atoms with Gasteiger partial charge in [-0.05, 0) is 39.8 Å². The Morgan fingerprint density at radius 3 is 2.41 bits per heavy atom. The van der Waals surface area contributed by atoms with Gasteiger partial charge in [0, 0.05) is 15.6 Å². The summed E-state index contributed by atoms with van der Waals surface area (Å²) in [6.45, 7) is 8.06. The maximum atomic E-state index is 12.1. The third kappa shape index (κ3) is 5.66. The summed E-state index contributed by atoms with van der Waals surface area (Å²) in [6.07, 6.45) is 0. The van der Waals surface area contributed by atoms with Crippen molar-refractivity contribution in [1.82, 2.24) is 5.32 Å². The molecule has 0 aliphatic rings. The second-order valence-corrected chi connectivity index (χ2v) is 5.91. The van der Waals surface area contributed by atoms with Gasteiger partial charge in [-0.25, -0.2) is 0 Å². The number of halogens is 2. The second-order valence-electron chi connectivity index (χ2n) is 4.99. The molecule has 0 spiro atoms. The van der Waals surface area contributed by atoms with Gasteiger partial charge in [0.1, 0.15) is 0 Å². The smallest absolute Gasteiger partial charge is 0.179 e. The molecule has 0 radical (unpaired) electrons. The average Bonchev–Trinajstić information content (AvgIpc) is 2.14. The van der Waals surface area contributed by atoms with E-state index in [0.717, 1.165) is 10.0 Å². The Morgan fingerprint density at radius 1 is 1.35 bits per heavy atom. The Hall–Kier alpha value is -0.380. The molecule has 0 amide bonds. The van der Waals surface area contributed by atoms with E-state index >= 15 is 0 Å². The largest absolute Gasteiger partial charge is 0.303 e. The molecule has 1 aromatic rings. The SMILES string of the molecule is CC(NC(C)(C)C)C(=O)c1cccc(Br)c1.Cl. The van der Waals surface area contributed by atoms with Crippen LogP contribution in [0, 0.1) is 0 Å². The van der Waals surface area contributed by atoms with Crippen molar-refractivity contribution in [3.05, 3.63) is 34.3 Å². The van der Waals surface area contributed by atoms with Crippen molar-refractivity contribution in [3.63, 3.8) is 0 Å². The van der Waals surface area contributed by atoms with Crippen LogP contribution in [0.25, 0.3) is 0 Å². The molecule has 1 N–H and O–H groups in total. The van der Waals surface area contributed by atoms with E-state index in [2.05, 4.69) is 42.0 Å². The number of carbonyl (C=O) groups excluding carboxylic acids is 1. The van der Waals surface area contributed by atoms with Crippen LogP contribution in [0.5, 0.6) is 0 Å². The molecule has 17 heavy (non-hydrogen) atoms. The summed E-state index contributed by atoms with van der Waals surface area (Å²) >= 11 is 3.37. The number of nitrogens with one attached hydrogen (secondary N) is 1. The quantitative estimate of drug-likeness (QED) is 0.858. The molecule has 0 saturated carbocycles. The van der Waals surface area contributed by atoms with Crippen LogP contribution in [0.15, 0.2) is 28.7 Å². The van der Waals surface area contributed by atoms with Crippen molar-refractivity contribution < 1.29 is 4.79 Å². The lowest BCUT2D eigenvalue weighted by atomic mass is 10.0. The highest BCUT2D eigenvalue weighted by Gasteiger charge is 2.20. The predicted molar refractivity (Wildman–Crippen MR) is 78.1 cm³/mol. The molecule has 0 saturated heterocycles. The van der Waals surface area contributed by atoms with Crippen LogP contribution in [-0.4, -0.2) is 17.4 Å². The molecule has 0 aromatic heterocycles. The molecule has 96 valence electrons. The van der Waals surface area contributed by atoms with E-state index in [9.17, 15) is 4.79 Å². The topological polar surface area (TPSA) is 29.1 Å². The fourth-order valence-corrected chi connectivity index (χ4v) is 2.01. The zero-order valence-corrected chi connectivity index (χ0v) is 13.0. The van der Waals surface area contributed by atoms with Gasteiger partial charge >= 0.3 is 0 Å². The first kappa shape index (κ1) is 16.6. The third-order valence-corrected chi connectivity index (χ3v) is 2.65. The van der Waals surface area contributed by atoms with Crippen molar-refractivity contribution in [1.29, 1.82) is 0 Å². The summed E-state index contributed by atoms with van der Waals surface area (Å²) in [5.41, 5.74) is 0.680. The van der Waals surface area contributed by atoms with Crippen LogP contribution in [0.4, 0.5) is 0 Å². The number of hydrogen-bond donors (Lipinski definition) is 1. The molecule has 0 fully saturated rings. The molecule has 0 aliphatic carbocycles. The molecule has 0 bridgehead atoms. The number of benzene rings is 1. The van der Waals surface area contributed by atoms with E-state index in [1.54, 1.807) is 0 Å². The standard InChI is InChI=1S/C13H18BrNO.ClH/c1-9(15-13(2,3)4)12(16)10-6-5-7-11(14)8-10;/h5-9,15H,1-4H3;1H. The fraction of sp³-hybridized carbons (Fsp3) is 0.462. The number of rotatable bonds is 3. The number of ketones is 1. The van der Waals surface area contributed by atoms with E-state index in [1.807, 2.05) is 31.2 Å². The molecule has 1 rings (SSSR count). The average molecular weight is 321 g/mol. The molecule has 1 atom stereocenters. The highest BCUT2D eigenvalue weighted by atomic mass is 79.9. The summed E-state index contributed by atoms with van der Waals surface area (Å²) in [6, 6.07) is 7.31. The van der Waals surface area contributed by atoms with Gasteiger partial charge in [-0.2, -0.15) is 0 Å². The van der Waals surface area contributed by atoms with Gasteiger partial charge in [0.05, 0.1) is 6.04 Å². The second kappa shape index (κ2) is 6.53. The van der Waals surface area contributed by atoms with Crippen LogP contribution in [0.3, 0.4) is 0 Å². The van der Waals surface area contributed by atoms with Gasteiger partial charge in [0.15, 0.2) is 5.78 Å². The highest BCUT2D eigenvalue weighted by molar-refractivity contribution is 9.10. The van der Waals surface area contributed by atoms with Crippen molar-refractivity contribution in [2.24, 2.45) is 0 Å². The van der Waals surface area contributed by atoms with Crippen molar-refractivity contribution >= 4 is 34.1 Å². The van der Waals surface area contributed by atoms with Gasteiger partial charge < -0.3 is 5.32 Å². The van der Waals surface area contributed by atoms with Gasteiger partial charge in [0.25, 0.3) is 0 Å². The van der Waals surface area contributed by atoms with Crippen molar-refractivity contribution in [2.75, 3.05) is 0 Å². The van der Waals surface area contributed by atoms with Crippen molar-refractivity contribution in [2.45, 2.75) is 39.3 Å². The third-order valence-electron chi connectivity index (χ3n) is 2.15. The Kier molecular flexibility index (Phi) is 6.38. The van der Waals surface area contributed by atoms with Gasteiger partial charge in [-0.15, -0.1) is 12.4 Å². The summed E-state index contributed by atoms with van der Waals surface area (Å²) in [5, 5.41) is 3.27. The summed E-state index contributed by atoms with van der Waals surface area (Å²) in [5.74, 6) is 0.122. The predicted octanol–water partition coefficient (Wildman–Crippen LogP) is 3.83. The van der Waals surface area contributed by atoms with E-state index in [4.69, 9.17) is 0 Å². The molecule has 2 nitrogen and oxygen atoms in total. The first-order valence-electron chi connectivity index (χ1n) is 5.37. The molecular formula is C13H19BrClNO. The van der Waals surface area contributed by atoms with Gasteiger partial charge in [-0.3, -0.25) is 4.79 Å². The maximum absolute atomic E-state index is 12.1. The lowest BCUT2D eigenvalue weighted by Crippen LogP contribution is -2.46. The number of carbonyl (C=O) groups is 1. The molecule has 4 heteroatoms. The summed E-state index contributed by atoms with van der Waals surface area (Å²) in [4.78, 5) is 12.1. The van der Waals surface area contributed by atoms with Gasteiger partial charge in [-0.1, -0.05) is 28.1 Å². The Balaban J connectivity index is 0.00000256.